The number of carboxylic acid groups (broad SMARTS) is 2. The van der Waals surface area contributed by atoms with Crippen LogP contribution in [0.4, 0.5) is 0 Å². The van der Waals surface area contributed by atoms with Crippen LogP contribution in [0.25, 0.3) is 0 Å². The summed E-state index contributed by atoms with van der Waals surface area (Å²) in [5, 5.41) is 77.5. The highest BCUT2D eigenvalue weighted by atomic mass is 16.7. The second-order valence-electron chi connectivity index (χ2n) is 6.43. The standard InChI is InChI=1S/C13H18O13/c14-3-1-11(22)26-13(1,23)2(9(18)19)7(3)24-12-6(17)4(15)5(16)8(25-12)10(20)21/h1-8,11-12,14-17,22-23H,(H,18,19)(H,20,21). The van der Waals surface area contributed by atoms with Crippen LogP contribution in [0.3, 0.4) is 0 Å². The van der Waals surface area contributed by atoms with Crippen molar-refractivity contribution >= 4 is 11.9 Å². The lowest BCUT2D eigenvalue weighted by Gasteiger charge is -2.46. The zero-order chi connectivity index (χ0) is 19.5. The number of carbonyl (C=O) groups is 2. The van der Waals surface area contributed by atoms with E-state index in [9.17, 15) is 45.3 Å². The van der Waals surface area contributed by atoms with E-state index in [1.807, 2.05) is 0 Å². The molecule has 3 fully saturated rings. The van der Waals surface area contributed by atoms with Crippen LogP contribution in [0.15, 0.2) is 0 Å². The van der Waals surface area contributed by atoms with Gasteiger partial charge in [0.25, 0.3) is 0 Å². The summed E-state index contributed by atoms with van der Waals surface area (Å²) >= 11 is 0. The zero-order valence-corrected chi connectivity index (χ0v) is 12.9. The maximum atomic E-state index is 11.5. The number of aliphatic hydroxyl groups excluding tert-OH is 5. The number of hydrogen-bond donors (Lipinski definition) is 8. The van der Waals surface area contributed by atoms with Gasteiger partial charge in [0.05, 0.1) is 12.0 Å². The van der Waals surface area contributed by atoms with Crippen molar-refractivity contribution in [3.05, 3.63) is 0 Å². The Hall–Kier alpha value is -1.42. The van der Waals surface area contributed by atoms with Gasteiger partial charge in [-0.15, -0.1) is 0 Å². The summed E-state index contributed by atoms with van der Waals surface area (Å²) in [6.45, 7) is 0. The summed E-state index contributed by atoms with van der Waals surface area (Å²) in [6, 6.07) is 0. The molecule has 148 valence electrons. The van der Waals surface area contributed by atoms with Gasteiger partial charge >= 0.3 is 11.9 Å². The summed E-state index contributed by atoms with van der Waals surface area (Å²) in [4.78, 5) is 22.5. The predicted molar refractivity (Wildman–Crippen MR) is 71.9 cm³/mol. The Bertz CT molecular complexity index is 597. The molecule has 0 aromatic rings. The van der Waals surface area contributed by atoms with Crippen molar-refractivity contribution in [1.82, 2.24) is 0 Å². The molecule has 2 heterocycles. The van der Waals surface area contributed by atoms with Crippen LogP contribution in [0.5, 0.6) is 0 Å². The molecular formula is C13H18O13. The summed E-state index contributed by atoms with van der Waals surface area (Å²) < 4.78 is 14.7. The number of aliphatic hydroxyl groups is 6. The van der Waals surface area contributed by atoms with Crippen molar-refractivity contribution in [3.8, 4) is 0 Å². The van der Waals surface area contributed by atoms with Gasteiger partial charge in [-0.25, -0.2) is 4.79 Å². The van der Waals surface area contributed by atoms with E-state index in [1.54, 1.807) is 0 Å². The molecule has 0 aromatic carbocycles. The van der Waals surface area contributed by atoms with E-state index in [-0.39, 0.29) is 0 Å². The summed E-state index contributed by atoms with van der Waals surface area (Å²) in [7, 11) is 0. The second kappa shape index (κ2) is 6.33. The largest absolute Gasteiger partial charge is 0.481 e. The topological polar surface area (TPSA) is 224 Å². The number of fused-ring (bicyclic) bond motifs is 1. The fraction of sp³-hybridized carbons (Fsp3) is 0.846. The van der Waals surface area contributed by atoms with E-state index >= 15 is 0 Å². The third kappa shape index (κ3) is 2.60. The Balaban J connectivity index is 1.84. The highest BCUT2D eigenvalue weighted by Gasteiger charge is 2.74. The highest BCUT2D eigenvalue weighted by Crippen LogP contribution is 2.53. The number of aliphatic carboxylic acids is 2. The first-order chi connectivity index (χ1) is 12.0. The number of hydrogen-bond acceptors (Lipinski definition) is 11. The van der Waals surface area contributed by atoms with E-state index < -0.39 is 78.8 Å². The predicted octanol–water partition coefficient (Wildman–Crippen LogP) is -5.01. The summed E-state index contributed by atoms with van der Waals surface area (Å²) in [5.41, 5.74) is 0. The molecular weight excluding hydrogens is 364 g/mol. The monoisotopic (exact) mass is 382 g/mol. The van der Waals surface area contributed by atoms with Crippen molar-refractivity contribution in [2.75, 3.05) is 0 Å². The van der Waals surface area contributed by atoms with E-state index in [2.05, 4.69) is 4.74 Å². The van der Waals surface area contributed by atoms with Crippen LogP contribution in [0.2, 0.25) is 0 Å². The lowest BCUT2D eigenvalue weighted by molar-refractivity contribution is -0.425. The molecule has 8 N–H and O–H groups in total. The minimum atomic E-state index is -2.45. The molecule has 11 atom stereocenters. The van der Waals surface area contributed by atoms with Gasteiger partial charge < -0.3 is 55.1 Å². The first-order valence-corrected chi connectivity index (χ1v) is 7.57. The van der Waals surface area contributed by atoms with Crippen LogP contribution < -0.4 is 0 Å². The van der Waals surface area contributed by atoms with Gasteiger partial charge in [-0.1, -0.05) is 0 Å². The molecule has 0 bridgehead atoms. The Labute approximate surface area is 144 Å². The molecule has 13 nitrogen and oxygen atoms in total. The van der Waals surface area contributed by atoms with Gasteiger partial charge in [-0.2, -0.15) is 0 Å². The molecule has 1 saturated carbocycles. The van der Waals surface area contributed by atoms with Crippen LogP contribution in [0, 0.1) is 11.8 Å². The van der Waals surface area contributed by atoms with E-state index in [0.717, 1.165) is 0 Å². The minimum Gasteiger partial charge on any atom is -0.481 e. The number of ether oxygens (including phenoxy) is 3. The van der Waals surface area contributed by atoms with Crippen molar-refractivity contribution < 1.29 is 64.7 Å². The molecule has 3 rings (SSSR count). The lowest BCUT2D eigenvalue weighted by atomic mass is 9.89. The molecule has 2 saturated heterocycles. The first-order valence-electron chi connectivity index (χ1n) is 7.57. The van der Waals surface area contributed by atoms with Gasteiger partial charge in [0.1, 0.15) is 30.3 Å². The zero-order valence-electron chi connectivity index (χ0n) is 12.9. The first kappa shape index (κ1) is 19.3. The normalized spacial score (nSPS) is 53.6. The lowest BCUT2D eigenvalue weighted by Crippen LogP contribution is -2.63. The highest BCUT2D eigenvalue weighted by molar-refractivity contribution is 5.74. The molecule has 2 aliphatic heterocycles. The molecule has 0 aromatic heterocycles. The number of rotatable bonds is 4. The Kier molecular flexibility index (Phi) is 4.71. The fourth-order valence-electron chi connectivity index (χ4n) is 3.60. The fourth-order valence-corrected chi connectivity index (χ4v) is 3.60. The Morgan fingerprint density at radius 3 is 2.00 bits per heavy atom. The molecule has 3 aliphatic rings. The third-order valence-electron chi connectivity index (χ3n) is 4.94. The van der Waals surface area contributed by atoms with Crippen LogP contribution in [-0.4, -0.2) is 108 Å². The second-order valence-corrected chi connectivity index (χ2v) is 6.43. The van der Waals surface area contributed by atoms with Crippen LogP contribution in [0.1, 0.15) is 0 Å². The van der Waals surface area contributed by atoms with Crippen molar-refractivity contribution in [2.24, 2.45) is 11.8 Å². The van der Waals surface area contributed by atoms with Crippen molar-refractivity contribution in [1.29, 1.82) is 0 Å². The van der Waals surface area contributed by atoms with Crippen LogP contribution >= 0.6 is 0 Å². The molecule has 26 heavy (non-hydrogen) atoms. The minimum absolute atomic E-state index is 1.43. The van der Waals surface area contributed by atoms with Gasteiger partial charge in [-0.3, -0.25) is 4.79 Å². The van der Waals surface area contributed by atoms with Crippen molar-refractivity contribution in [2.45, 2.75) is 55.0 Å². The van der Waals surface area contributed by atoms with Crippen LogP contribution in [-0.2, 0) is 23.8 Å². The van der Waals surface area contributed by atoms with E-state index in [1.165, 1.54) is 0 Å². The average molecular weight is 382 g/mol. The summed E-state index contributed by atoms with van der Waals surface area (Å²) in [5.74, 6) is -9.13. The van der Waals surface area contributed by atoms with Gasteiger partial charge in [0.2, 0.25) is 0 Å². The van der Waals surface area contributed by atoms with Crippen molar-refractivity contribution in [3.63, 3.8) is 0 Å². The van der Waals surface area contributed by atoms with E-state index in [4.69, 9.17) is 14.6 Å². The maximum absolute atomic E-state index is 11.5. The van der Waals surface area contributed by atoms with Gasteiger partial charge in [0, 0.05) is 0 Å². The molecule has 11 unspecified atom stereocenters. The Morgan fingerprint density at radius 1 is 0.885 bits per heavy atom. The Morgan fingerprint density at radius 2 is 1.50 bits per heavy atom. The SMILES string of the molecule is O=C(O)C1OC(OC2C(O)C3C(O)OC3(O)C2C(=O)O)C(O)C(O)C1O. The maximum Gasteiger partial charge on any atom is 0.335 e. The number of carboxylic acids is 2. The summed E-state index contributed by atoms with van der Waals surface area (Å²) in [6.07, 6.45) is -15.1. The molecule has 0 radical (unpaired) electrons. The molecule has 0 amide bonds. The molecule has 1 aliphatic carbocycles. The average Bonchev–Trinajstić information content (AvgIpc) is 2.69. The van der Waals surface area contributed by atoms with E-state index in [0.29, 0.717) is 0 Å². The smallest absolute Gasteiger partial charge is 0.335 e. The third-order valence-corrected chi connectivity index (χ3v) is 4.94. The van der Waals surface area contributed by atoms with Gasteiger partial charge in [0.15, 0.2) is 24.5 Å². The molecule has 0 spiro atoms. The quantitative estimate of drug-likeness (QED) is 0.228. The van der Waals surface area contributed by atoms with Gasteiger partial charge in [-0.05, 0) is 0 Å². The molecule has 13 heteroatoms.